The van der Waals surface area contributed by atoms with Crippen LogP contribution < -0.4 is 31.9 Å². The van der Waals surface area contributed by atoms with E-state index in [-0.39, 0.29) is 0 Å². The third kappa shape index (κ3) is 8.99. The minimum Gasteiger partial charge on any atom is -0.337 e. The zero-order valence-electron chi connectivity index (χ0n) is 25.1. The van der Waals surface area contributed by atoms with Gasteiger partial charge in [-0.3, -0.25) is 4.90 Å². The highest BCUT2D eigenvalue weighted by Crippen LogP contribution is 2.29. The third-order valence-electron chi connectivity index (χ3n) is 6.49. The van der Waals surface area contributed by atoms with Crippen LogP contribution in [-0.4, -0.2) is 62.3 Å². The Bertz CT molecular complexity index is 1600. The molecule has 0 aliphatic carbocycles. The number of urea groups is 3. The molecule has 0 unspecified atom stereocenters. The Labute approximate surface area is 279 Å². The van der Waals surface area contributed by atoms with Crippen LogP contribution in [0.1, 0.15) is 0 Å². The van der Waals surface area contributed by atoms with Crippen molar-refractivity contribution in [2.45, 2.75) is 0 Å². The van der Waals surface area contributed by atoms with Gasteiger partial charge >= 0.3 is 18.1 Å². The molecule has 6 N–H and O–H groups in total. The van der Waals surface area contributed by atoms with Gasteiger partial charge in [0.2, 0.25) is 17.5 Å². The number of rotatable bonds is 12. The Kier molecular flexibility index (Phi) is 13.4. The molecule has 0 heterocycles. The lowest BCUT2D eigenvalue weighted by atomic mass is 10.2. The van der Waals surface area contributed by atoms with Crippen molar-refractivity contribution in [1.29, 1.82) is 0 Å². The number of hydrogen-bond acceptors (Lipinski definition) is 4. The largest absolute Gasteiger partial charge is 0.337 e. The van der Waals surface area contributed by atoms with Gasteiger partial charge < -0.3 is 31.9 Å². The van der Waals surface area contributed by atoms with Gasteiger partial charge in [0.1, 0.15) is 17.1 Å². The van der Waals surface area contributed by atoms with E-state index >= 15 is 0 Å². The SMILES string of the molecule is O=C(NCCN(CCNC(=O)Nc1c(F)c(F)c(F)c(F)c1F)CCNC(=O)Nc1c(F)c(F)c(F)c(F)c1F)Nc1c(F)c(F)c(F)c(F)c1F. The Morgan fingerprint density at radius 3 is 0.692 bits per heavy atom. The van der Waals surface area contributed by atoms with Crippen molar-refractivity contribution >= 4 is 35.2 Å². The van der Waals surface area contributed by atoms with E-state index in [4.69, 9.17) is 0 Å². The number of hydrogen-bond donors (Lipinski definition) is 6. The van der Waals surface area contributed by atoms with Gasteiger partial charge in [-0.1, -0.05) is 0 Å². The van der Waals surface area contributed by atoms with Gasteiger partial charge in [0, 0.05) is 39.3 Å². The second-order valence-corrected chi connectivity index (χ2v) is 9.82. The maximum absolute atomic E-state index is 13.9. The van der Waals surface area contributed by atoms with E-state index in [0.29, 0.717) is 0 Å². The Hall–Kier alpha value is -5.62. The van der Waals surface area contributed by atoms with Gasteiger partial charge in [0.15, 0.2) is 69.8 Å². The second-order valence-electron chi connectivity index (χ2n) is 9.82. The highest BCUT2D eigenvalue weighted by atomic mass is 19.2. The molecule has 0 aliphatic heterocycles. The number of benzene rings is 3. The van der Waals surface area contributed by atoms with Crippen LogP contribution in [0.25, 0.3) is 0 Å². The average Bonchev–Trinajstić information content (AvgIpc) is 3.11. The quantitative estimate of drug-likeness (QED) is 0.0787. The van der Waals surface area contributed by atoms with Crippen molar-refractivity contribution in [2.24, 2.45) is 0 Å². The smallest absolute Gasteiger partial charge is 0.319 e. The van der Waals surface area contributed by atoms with Gasteiger partial charge in [-0.2, -0.15) is 0 Å². The summed E-state index contributed by atoms with van der Waals surface area (Å²) in [6, 6.07) is -4.57. The lowest BCUT2D eigenvalue weighted by molar-refractivity contribution is 0.237. The van der Waals surface area contributed by atoms with Gasteiger partial charge in [-0.25, -0.2) is 80.2 Å². The molecule has 0 atom stereocenters. The van der Waals surface area contributed by atoms with Crippen molar-refractivity contribution in [3.05, 3.63) is 87.3 Å². The first-order valence-electron chi connectivity index (χ1n) is 13.7. The molecule has 0 saturated carbocycles. The fourth-order valence-corrected chi connectivity index (χ4v) is 3.94. The first-order chi connectivity index (χ1) is 24.3. The molecule has 0 fully saturated rings. The van der Waals surface area contributed by atoms with Crippen LogP contribution >= 0.6 is 0 Å². The topological polar surface area (TPSA) is 127 Å². The van der Waals surface area contributed by atoms with Crippen LogP contribution in [0.5, 0.6) is 0 Å². The Balaban J connectivity index is 1.65. The highest BCUT2D eigenvalue weighted by Gasteiger charge is 2.29. The summed E-state index contributed by atoms with van der Waals surface area (Å²) in [7, 11) is 0. The summed E-state index contributed by atoms with van der Waals surface area (Å²) < 4.78 is 203. The molecule has 0 spiro atoms. The number of anilines is 3. The molecule has 0 radical (unpaired) electrons. The fraction of sp³-hybridized carbons (Fsp3) is 0.222. The zero-order valence-corrected chi connectivity index (χ0v) is 25.1. The van der Waals surface area contributed by atoms with Crippen LogP contribution in [0.3, 0.4) is 0 Å². The van der Waals surface area contributed by atoms with Crippen LogP contribution in [-0.2, 0) is 0 Å². The number of halogens is 15. The monoisotopic (exact) mass is 773 g/mol. The van der Waals surface area contributed by atoms with Crippen LogP contribution in [0.2, 0.25) is 0 Å². The van der Waals surface area contributed by atoms with Gasteiger partial charge in [0.25, 0.3) is 0 Å². The molecule has 10 nitrogen and oxygen atoms in total. The minimum absolute atomic E-state index is 0.396. The van der Waals surface area contributed by atoms with Crippen molar-refractivity contribution in [1.82, 2.24) is 20.9 Å². The molecule has 6 amide bonds. The van der Waals surface area contributed by atoms with Crippen molar-refractivity contribution in [2.75, 3.05) is 55.2 Å². The van der Waals surface area contributed by atoms with E-state index in [1.807, 2.05) is 16.0 Å². The summed E-state index contributed by atoms with van der Waals surface area (Å²) in [5.41, 5.74) is -5.17. The van der Waals surface area contributed by atoms with Crippen LogP contribution in [0.15, 0.2) is 0 Å². The standard InChI is InChI=1S/C27H18F15N7O3/c28-7-10(31)16(37)22(17(38)11(7)32)46-25(50)43-1-4-49(5-2-44-26(51)47-23-18(39)12(33)8(29)13(34)19(23)40)6-3-45-27(52)48-24-20(41)14(35)9(30)15(36)21(24)42/h1-6H2,(H2,43,46,50)(H2,44,47,51)(H2,45,48,52). The van der Waals surface area contributed by atoms with E-state index in [0.717, 1.165) is 4.90 Å². The predicted octanol–water partition coefficient (Wildman–Crippen LogP) is 5.84. The molecule has 0 aliphatic rings. The molecular formula is C27H18F15N7O3. The first kappa shape index (κ1) is 40.8. The summed E-state index contributed by atoms with van der Waals surface area (Å²) in [6.45, 7) is -2.87. The summed E-state index contributed by atoms with van der Waals surface area (Å²) in [6.07, 6.45) is 0. The molecule has 284 valence electrons. The normalized spacial score (nSPS) is 11.1. The summed E-state index contributed by atoms with van der Waals surface area (Å²) >= 11 is 0. The maximum Gasteiger partial charge on any atom is 0.319 e. The van der Waals surface area contributed by atoms with Crippen molar-refractivity contribution in [3.8, 4) is 0 Å². The molecule has 3 aromatic carbocycles. The molecule has 3 rings (SSSR count). The summed E-state index contributed by atoms with van der Waals surface area (Å²) in [5.74, 6) is -36.2. The average molecular weight is 773 g/mol. The van der Waals surface area contributed by atoms with Gasteiger partial charge in [-0.05, 0) is 0 Å². The van der Waals surface area contributed by atoms with E-state index in [9.17, 15) is 80.2 Å². The van der Waals surface area contributed by atoms with Crippen LogP contribution in [0.4, 0.5) is 97.3 Å². The molecule has 25 heteroatoms. The molecule has 0 aromatic heterocycles. The lowest BCUT2D eigenvalue weighted by Gasteiger charge is -2.23. The number of carbonyl (C=O) groups is 3. The van der Waals surface area contributed by atoms with Crippen LogP contribution in [0, 0.1) is 87.3 Å². The molecule has 52 heavy (non-hydrogen) atoms. The van der Waals surface area contributed by atoms with E-state index < -0.39 is 162 Å². The van der Waals surface area contributed by atoms with E-state index in [1.165, 1.54) is 16.0 Å². The van der Waals surface area contributed by atoms with E-state index in [2.05, 4.69) is 0 Å². The lowest BCUT2D eigenvalue weighted by Crippen LogP contribution is -2.44. The minimum atomic E-state index is -2.51. The summed E-state index contributed by atoms with van der Waals surface area (Å²) in [5, 5.41) is 10.0. The number of carbonyl (C=O) groups excluding carboxylic acids is 3. The highest BCUT2D eigenvalue weighted by molar-refractivity contribution is 5.90. The first-order valence-corrected chi connectivity index (χ1v) is 13.7. The summed E-state index contributed by atoms with van der Waals surface area (Å²) in [4.78, 5) is 37.4. The van der Waals surface area contributed by atoms with Crippen molar-refractivity contribution in [3.63, 3.8) is 0 Å². The Morgan fingerprint density at radius 2 is 0.500 bits per heavy atom. The van der Waals surface area contributed by atoms with Crippen molar-refractivity contribution < 1.29 is 80.2 Å². The number of nitrogens with one attached hydrogen (secondary N) is 6. The second kappa shape index (κ2) is 17.1. The molecule has 3 aromatic rings. The predicted molar refractivity (Wildman–Crippen MR) is 146 cm³/mol. The number of amides is 6. The molecule has 0 bridgehead atoms. The number of nitrogens with zero attached hydrogens (tertiary/aromatic N) is 1. The van der Waals surface area contributed by atoms with E-state index in [1.54, 1.807) is 0 Å². The molecular weight excluding hydrogens is 755 g/mol. The maximum atomic E-state index is 13.9. The zero-order chi connectivity index (χ0) is 39.2. The fourth-order valence-electron chi connectivity index (χ4n) is 3.94. The Morgan fingerprint density at radius 1 is 0.327 bits per heavy atom. The third-order valence-corrected chi connectivity index (χ3v) is 6.49. The van der Waals surface area contributed by atoms with Gasteiger partial charge in [-0.15, -0.1) is 0 Å². The van der Waals surface area contributed by atoms with Gasteiger partial charge in [0.05, 0.1) is 0 Å². The molecule has 0 saturated heterocycles.